The van der Waals surface area contributed by atoms with Gasteiger partial charge in [0, 0.05) is 0 Å². The van der Waals surface area contributed by atoms with Crippen LogP contribution in [0.5, 0.6) is 0 Å². The van der Waals surface area contributed by atoms with Crippen molar-refractivity contribution in [3.8, 4) is 0 Å². The van der Waals surface area contributed by atoms with Gasteiger partial charge >= 0.3 is 6.16 Å². The summed E-state index contributed by atoms with van der Waals surface area (Å²) in [4.78, 5) is 11.2. The van der Waals surface area contributed by atoms with Crippen LogP contribution in [-0.2, 0) is 9.47 Å². The Bertz CT molecular complexity index is 200. The molecule has 0 spiro atoms. The Morgan fingerprint density at radius 1 is 1.47 bits per heavy atom. The van der Waals surface area contributed by atoms with Crippen molar-refractivity contribution in [2.45, 2.75) is 32.8 Å². The van der Waals surface area contributed by atoms with Crippen molar-refractivity contribution in [3.05, 3.63) is 0 Å². The monoisotopic (exact) mass is 215 g/mol. The third kappa shape index (κ3) is 4.51. The SMILES string of the molecule is CNCC1CC(OC(=O)OCC(C)C)C1. The van der Waals surface area contributed by atoms with E-state index >= 15 is 0 Å². The van der Waals surface area contributed by atoms with E-state index in [1.807, 2.05) is 20.9 Å². The zero-order valence-corrected chi connectivity index (χ0v) is 9.79. The van der Waals surface area contributed by atoms with Crippen LogP contribution in [0.15, 0.2) is 0 Å². The maximum atomic E-state index is 11.2. The highest BCUT2D eigenvalue weighted by atomic mass is 16.7. The van der Waals surface area contributed by atoms with Crippen molar-refractivity contribution < 1.29 is 14.3 Å². The second-order valence-electron chi connectivity index (χ2n) is 4.59. The van der Waals surface area contributed by atoms with Crippen LogP contribution in [0.2, 0.25) is 0 Å². The summed E-state index contributed by atoms with van der Waals surface area (Å²) in [6, 6.07) is 0. The average Bonchev–Trinajstić information content (AvgIpc) is 2.11. The molecule has 0 saturated heterocycles. The van der Waals surface area contributed by atoms with E-state index in [2.05, 4.69) is 5.32 Å². The summed E-state index contributed by atoms with van der Waals surface area (Å²) < 4.78 is 10.1. The summed E-state index contributed by atoms with van der Waals surface area (Å²) in [5, 5.41) is 3.11. The number of hydrogen-bond acceptors (Lipinski definition) is 4. The molecule has 0 atom stereocenters. The molecule has 0 amide bonds. The predicted octanol–water partition coefficient (Wildman–Crippen LogP) is 1.79. The van der Waals surface area contributed by atoms with E-state index in [-0.39, 0.29) is 6.10 Å². The van der Waals surface area contributed by atoms with Gasteiger partial charge in [-0.3, -0.25) is 0 Å². The van der Waals surface area contributed by atoms with E-state index in [0.29, 0.717) is 18.4 Å². The Morgan fingerprint density at radius 3 is 2.67 bits per heavy atom. The van der Waals surface area contributed by atoms with Crippen molar-refractivity contribution in [2.75, 3.05) is 20.2 Å². The molecule has 0 bridgehead atoms. The van der Waals surface area contributed by atoms with E-state index in [4.69, 9.17) is 9.47 Å². The Kier molecular flexibility index (Phi) is 4.88. The van der Waals surface area contributed by atoms with E-state index in [0.717, 1.165) is 19.4 Å². The van der Waals surface area contributed by atoms with Gasteiger partial charge in [-0.2, -0.15) is 0 Å². The molecule has 88 valence electrons. The van der Waals surface area contributed by atoms with Crippen molar-refractivity contribution in [1.29, 1.82) is 0 Å². The summed E-state index contributed by atoms with van der Waals surface area (Å²) in [6.07, 6.45) is 1.47. The molecule has 0 aromatic rings. The molecular formula is C11H21NO3. The third-order valence-corrected chi connectivity index (χ3v) is 2.48. The molecule has 1 fully saturated rings. The van der Waals surface area contributed by atoms with E-state index in [1.165, 1.54) is 0 Å². The number of ether oxygens (including phenoxy) is 2. The Morgan fingerprint density at radius 2 is 2.13 bits per heavy atom. The second-order valence-corrected chi connectivity index (χ2v) is 4.59. The molecular weight excluding hydrogens is 194 g/mol. The minimum atomic E-state index is -0.517. The lowest BCUT2D eigenvalue weighted by Crippen LogP contribution is -2.38. The lowest BCUT2D eigenvalue weighted by Gasteiger charge is -2.34. The molecule has 0 aliphatic heterocycles. The molecule has 1 N–H and O–H groups in total. The lowest BCUT2D eigenvalue weighted by atomic mass is 9.82. The van der Waals surface area contributed by atoms with Crippen LogP contribution in [0.3, 0.4) is 0 Å². The van der Waals surface area contributed by atoms with E-state index in [9.17, 15) is 4.79 Å². The normalized spacial score (nSPS) is 24.8. The summed E-state index contributed by atoms with van der Waals surface area (Å²) in [5.74, 6) is 1.01. The zero-order valence-electron chi connectivity index (χ0n) is 9.79. The van der Waals surface area contributed by atoms with Crippen molar-refractivity contribution in [3.63, 3.8) is 0 Å². The number of rotatable bonds is 5. The van der Waals surface area contributed by atoms with E-state index in [1.54, 1.807) is 0 Å². The summed E-state index contributed by atoms with van der Waals surface area (Å²) >= 11 is 0. The Balaban J connectivity index is 2.03. The van der Waals surface area contributed by atoms with Gasteiger partial charge in [0.25, 0.3) is 0 Å². The highest BCUT2D eigenvalue weighted by Gasteiger charge is 2.31. The molecule has 0 radical (unpaired) electrons. The van der Waals surface area contributed by atoms with Crippen LogP contribution in [0.25, 0.3) is 0 Å². The first kappa shape index (κ1) is 12.3. The molecule has 1 aliphatic rings. The van der Waals surface area contributed by atoms with Crippen LogP contribution >= 0.6 is 0 Å². The van der Waals surface area contributed by atoms with Gasteiger partial charge in [0.05, 0.1) is 6.61 Å². The zero-order chi connectivity index (χ0) is 11.3. The summed E-state index contributed by atoms with van der Waals surface area (Å²) in [5.41, 5.74) is 0. The van der Waals surface area contributed by atoms with Gasteiger partial charge in [-0.05, 0) is 38.3 Å². The van der Waals surface area contributed by atoms with Crippen molar-refractivity contribution >= 4 is 6.16 Å². The third-order valence-electron chi connectivity index (χ3n) is 2.48. The highest BCUT2D eigenvalue weighted by Crippen LogP contribution is 2.29. The fourth-order valence-electron chi connectivity index (χ4n) is 1.63. The molecule has 0 unspecified atom stereocenters. The van der Waals surface area contributed by atoms with Gasteiger partial charge in [0.1, 0.15) is 6.10 Å². The first-order chi connectivity index (χ1) is 7.11. The van der Waals surface area contributed by atoms with Gasteiger partial charge in [-0.25, -0.2) is 4.79 Å². The standard InChI is InChI=1S/C11H21NO3/c1-8(2)7-14-11(13)15-10-4-9(5-10)6-12-3/h8-10,12H,4-7H2,1-3H3. The second kappa shape index (κ2) is 5.95. The van der Waals surface area contributed by atoms with Crippen LogP contribution < -0.4 is 5.32 Å². The van der Waals surface area contributed by atoms with Gasteiger partial charge in [-0.1, -0.05) is 13.8 Å². The first-order valence-electron chi connectivity index (χ1n) is 5.59. The molecule has 4 heteroatoms. The molecule has 1 aliphatic carbocycles. The van der Waals surface area contributed by atoms with Gasteiger partial charge in [0.15, 0.2) is 0 Å². The summed E-state index contributed by atoms with van der Waals surface area (Å²) in [6.45, 7) is 5.44. The van der Waals surface area contributed by atoms with Crippen LogP contribution in [0.1, 0.15) is 26.7 Å². The minimum Gasteiger partial charge on any atom is -0.434 e. The van der Waals surface area contributed by atoms with Crippen LogP contribution in [-0.4, -0.2) is 32.5 Å². The Labute approximate surface area is 91.3 Å². The van der Waals surface area contributed by atoms with Crippen molar-refractivity contribution in [1.82, 2.24) is 5.32 Å². The lowest BCUT2D eigenvalue weighted by molar-refractivity contribution is -0.0281. The number of carbonyl (C=O) groups excluding carboxylic acids is 1. The molecule has 0 heterocycles. The molecule has 1 saturated carbocycles. The van der Waals surface area contributed by atoms with Crippen LogP contribution in [0.4, 0.5) is 4.79 Å². The maximum absolute atomic E-state index is 11.2. The van der Waals surface area contributed by atoms with Gasteiger partial charge in [0.2, 0.25) is 0 Å². The van der Waals surface area contributed by atoms with Gasteiger partial charge in [-0.15, -0.1) is 0 Å². The quantitative estimate of drug-likeness (QED) is 0.710. The van der Waals surface area contributed by atoms with E-state index < -0.39 is 6.16 Å². The fraction of sp³-hybridized carbons (Fsp3) is 0.909. The number of carbonyl (C=O) groups is 1. The predicted molar refractivity (Wildman–Crippen MR) is 57.7 cm³/mol. The molecule has 4 nitrogen and oxygen atoms in total. The molecule has 0 aromatic carbocycles. The largest absolute Gasteiger partial charge is 0.508 e. The smallest absolute Gasteiger partial charge is 0.434 e. The number of hydrogen-bond donors (Lipinski definition) is 1. The molecule has 0 aromatic heterocycles. The fourth-order valence-corrected chi connectivity index (χ4v) is 1.63. The minimum absolute atomic E-state index is 0.0722. The number of nitrogens with one attached hydrogen (secondary N) is 1. The molecule has 15 heavy (non-hydrogen) atoms. The summed E-state index contributed by atoms with van der Waals surface area (Å²) in [7, 11) is 1.94. The average molecular weight is 215 g/mol. The topological polar surface area (TPSA) is 47.6 Å². The Hall–Kier alpha value is -0.770. The van der Waals surface area contributed by atoms with Crippen LogP contribution in [0, 0.1) is 11.8 Å². The first-order valence-corrected chi connectivity index (χ1v) is 5.59. The highest BCUT2D eigenvalue weighted by molar-refractivity contribution is 5.60. The van der Waals surface area contributed by atoms with Gasteiger partial charge < -0.3 is 14.8 Å². The maximum Gasteiger partial charge on any atom is 0.508 e. The molecule has 1 rings (SSSR count). The van der Waals surface area contributed by atoms with Crippen molar-refractivity contribution in [2.24, 2.45) is 11.8 Å².